The van der Waals surface area contributed by atoms with Crippen LogP contribution in [0.25, 0.3) is 0 Å². The lowest BCUT2D eigenvalue weighted by molar-refractivity contribution is -0.123. The minimum atomic E-state index is -1.17. The van der Waals surface area contributed by atoms with Crippen LogP contribution < -0.4 is 21.7 Å². The van der Waals surface area contributed by atoms with Gasteiger partial charge in [0.15, 0.2) is 11.7 Å². The predicted molar refractivity (Wildman–Crippen MR) is 129 cm³/mol. The van der Waals surface area contributed by atoms with Crippen LogP contribution >= 0.6 is 11.5 Å². The molecule has 1 atom stereocenters. The molecule has 0 spiro atoms. The second kappa shape index (κ2) is 10.5. The number of benzene rings is 1. The number of hydrogen-bond acceptors (Lipinski definition) is 8. The van der Waals surface area contributed by atoms with Crippen LogP contribution in [0.2, 0.25) is 0 Å². The van der Waals surface area contributed by atoms with Crippen LogP contribution in [0, 0.1) is 20.8 Å². The molecule has 0 saturated carbocycles. The van der Waals surface area contributed by atoms with Crippen molar-refractivity contribution in [2.24, 2.45) is 5.73 Å². The number of nitrogens with two attached hydrogens (primary N) is 2. The highest BCUT2D eigenvalue weighted by atomic mass is 32.1. The quantitative estimate of drug-likeness (QED) is 0.393. The Hall–Kier alpha value is -3.70. The number of aryl methyl sites for hydroxylation is 3. The van der Waals surface area contributed by atoms with E-state index >= 15 is 0 Å². The molecule has 0 fully saturated rings. The number of carbonyl (C=O) groups is 3. The van der Waals surface area contributed by atoms with Crippen LogP contribution in [0.15, 0.2) is 34.7 Å². The lowest BCUT2D eigenvalue weighted by Crippen LogP contribution is -2.45. The molecule has 0 radical (unpaired) electrons. The number of methoxy groups -OCH3 is 1. The number of ether oxygens (including phenoxy) is 1. The first kappa shape index (κ1) is 24.9. The number of anilines is 2. The highest BCUT2D eigenvalue weighted by Crippen LogP contribution is 2.35. The summed E-state index contributed by atoms with van der Waals surface area (Å²) in [6.45, 7) is 6.02. The Balaban J connectivity index is 2.19. The molecular weight excluding hydrogens is 458 g/mol. The molecule has 10 nitrogen and oxygen atoms in total. The maximum atomic E-state index is 13.9. The van der Waals surface area contributed by atoms with Gasteiger partial charge in [0.05, 0.1) is 12.3 Å². The lowest BCUT2D eigenvalue weighted by atomic mass is 10.0. The van der Waals surface area contributed by atoms with Crippen molar-refractivity contribution in [1.29, 1.82) is 0 Å². The van der Waals surface area contributed by atoms with Crippen molar-refractivity contribution < 1.29 is 23.5 Å². The summed E-state index contributed by atoms with van der Waals surface area (Å²) in [4.78, 5) is 40.3. The van der Waals surface area contributed by atoms with Gasteiger partial charge in [-0.2, -0.15) is 4.37 Å². The van der Waals surface area contributed by atoms with E-state index in [1.165, 1.54) is 12.0 Å². The van der Waals surface area contributed by atoms with E-state index in [2.05, 4.69) is 9.69 Å². The monoisotopic (exact) mass is 485 g/mol. The molecule has 0 aliphatic carbocycles. The first-order valence-electron chi connectivity index (χ1n) is 10.4. The lowest BCUT2D eigenvalue weighted by Gasteiger charge is -2.31. The van der Waals surface area contributed by atoms with E-state index in [0.29, 0.717) is 11.4 Å². The van der Waals surface area contributed by atoms with Gasteiger partial charge in [0.1, 0.15) is 16.4 Å². The molecule has 3 amide bonds. The largest absolute Gasteiger partial charge is 0.464 e. The van der Waals surface area contributed by atoms with Crippen molar-refractivity contribution in [2.45, 2.75) is 26.8 Å². The van der Waals surface area contributed by atoms with Crippen LogP contribution in [-0.2, 0) is 9.53 Å². The van der Waals surface area contributed by atoms with Gasteiger partial charge >= 0.3 is 0 Å². The van der Waals surface area contributed by atoms with E-state index in [-0.39, 0.29) is 35.2 Å². The fourth-order valence-corrected chi connectivity index (χ4v) is 4.27. The van der Waals surface area contributed by atoms with Gasteiger partial charge in [-0.25, -0.2) is 0 Å². The van der Waals surface area contributed by atoms with E-state index in [9.17, 15) is 14.4 Å². The zero-order valence-corrected chi connectivity index (χ0v) is 20.2. The number of nitrogens with one attached hydrogen (secondary N) is 1. The van der Waals surface area contributed by atoms with E-state index in [1.807, 2.05) is 26.0 Å². The van der Waals surface area contributed by atoms with Gasteiger partial charge in [0.25, 0.3) is 17.7 Å². The highest BCUT2D eigenvalue weighted by molar-refractivity contribution is 7.09. The van der Waals surface area contributed by atoms with E-state index < -0.39 is 23.8 Å². The Kier molecular flexibility index (Phi) is 7.69. The molecule has 0 aliphatic rings. The Morgan fingerprint density at radius 1 is 1.21 bits per heavy atom. The highest BCUT2D eigenvalue weighted by Gasteiger charge is 2.38. The van der Waals surface area contributed by atoms with Gasteiger partial charge in [-0.1, -0.05) is 17.7 Å². The summed E-state index contributed by atoms with van der Waals surface area (Å²) in [5.74, 6) is -1.10. The Labute approximate surface area is 201 Å². The van der Waals surface area contributed by atoms with Crippen molar-refractivity contribution in [2.75, 3.05) is 30.9 Å². The molecule has 3 rings (SSSR count). The maximum absolute atomic E-state index is 13.9. The molecule has 2 heterocycles. The Morgan fingerprint density at radius 3 is 2.50 bits per heavy atom. The third-order valence-corrected chi connectivity index (χ3v) is 5.98. The van der Waals surface area contributed by atoms with Crippen LogP contribution in [0.1, 0.15) is 48.8 Å². The smallest absolute Gasteiger partial charge is 0.273 e. The van der Waals surface area contributed by atoms with Gasteiger partial charge in [0.2, 0.25) is 0 Å². The number of rotatable bonds is 9. The first-order chi connectivity index (χ1) is 16.1. The standard InChI is InChI=1S/C23H27N5O5S/c1-12-5-7-15(13(2)11-12)28(23(31)20-17(24)18(21(25)29)27-34-20)19(16-8-6-14(3)33-16)22(30)26-9-10-32-4/h5-8,11,19H,9-10,24H2,1-4H3,(H2,25,29)(H,26,30)/t19-/m0/s1. The second-order valence-electron chi connectivity index (χ2n) is 7.74. The van der Waals surface area contributed by atoms with Crippen molar-refractivity contribution in [3.05, 3.63) is 63.6 Å². The van der Waals surface area contributed by atoms with Gasteiger partial charge in [-0.3, -0.25) is 19.3 Å². The van der Waals surface area contributed by atoms with E-state index in [1.54, 1.807) is 25.1 Å². The molecule has 34 heavy (non-hydrogen) atoms. The second-order valence-corrected chi connectivity index (χ2v) is 8.51. The number of amides is 3. The normalized spacial score (nSPS) is 11.8. The number of aromatic nitrogens is 1. The van der Waals surface area contributed by atoms with Gasteiger partial charge in [-0.05, 0) is 56.1 Å². The van der Waals surface area contributed by atoms with E-state index in [0.717, 1.165) is 22.7 Å². The summed E-state index contributed by atoms with van der Waals surface area (Å²) in [6, 6.07) is 7.67. The van der Waals surface area contributed by atoms with Gasteiger partial charge in [-0.15, -0.1) is 0 Å². The SMILES string of the molecule is COCCNC(=O)[C@H](c1ccc(C)o1)N(C(=O)c1snc(C(N)=O)c1N)c1ccc(C)cc1C. The first-order valence-corrected chi connectivity index (χ1v) is 11.2. The predicted octanol–water partition coefficient (Wildman–Crippen LogP) is 2.49. The van der Waals surface area contributed by atoms with Crippen LogP contribution in [0.3, 0.4) is 0 Å². The number of nitrogen functional groups attached to an aromatic ring is 1. The molecule has 3 aromatic rings. The average molecular weight is 486 g/mol. The van der Waals surface area contributed by atoms with Crippen LogP contribution in [0.4, 0.5) is 11.4 Å². The van der Waals surface area contributed by atoms with Crippen LogP contribution in [0.5, 0.6) is 0 Å². The number of carbonyl (C=O) groups excluding carboxylic acids is 3. The summed E-state index contributed by atoms with van der Waals surface area (Å²) in [7, 11) is 1.52. The average Bonchev–Trinajstić information content (AvgIpc) is 3.37. The number of nitrogens with zero attached hydrogens (tertiary/aromatic N) is 2. The van der Waals surface area contributed by atoms with Crippen molar-refractivity contribution in [1.82, 2.24) is 9.69 Å². The minimum Gasteiger partial charge on any atom is -0.464 e. The topological polar surface area (TPSA) is 154 Å². The minimum absolute atomic E-state index is 0.00764. The molecular formula is C23H27N5O5S. The number of primary amides is 1. The summed E-state index contributed by atoms with van der Waals surface area (Å²) in [6.07, 6.45) is 0. The molecule has 0 bridgehead atoms. The molecule has 180 valence electrons. The Bertz CT molecular complexity index is 1220. The molecule has 1 aromatic carbocycles. The van der Waals surface area contributed by atoms with Gasteiger partial charge in [0, 0.05) is 19.3 Å². The van der Waals surface area contributed by atoms with Crippen molar-refractivity contribution in [3.8, 4) is 0 Å². The van der Waals surface area contributed by atoms with Crippen LogP contribution in [-0.4, -0.2) is 42.4 Å². The third kappa shape index (κ3) is 5.10. The molecule has 0 saturated heterocycles. The molecule has 0 unspecified atom stereocenters. The summed E-state index contributed by atoms with van der Waals surface area (Å²) >= 11 is 0.746. The zero-order chi connectivity index (χ0) is 25.0. The Morgan fingerprint density at radius 2 is 1.94 bits per heavy atom. The number of hydrogen-bond donors (Lipinski definition) is 3. The fraction of sp³-hybridized carbons (Fsp3) is 0.304. The fourth-order valence-electron chi connectivity index (χ4n) is 3.53. The van der Waals surface area contributed by atoms with E-state index in [4.69, 9.17) is 20.6 Å². The maximum Gasteiger partial charge on any atom is 0.273 e. The van der Waals surface area contributed by atoms with Crippen molar-refractivity contribution in [3.63, 3.8) is 0 Å². The third-order valence-electron chi connectivity index (χ3n) is 5.13. The number of furan rings is 1. The van der Waals surface area contributed by atoms with Crippen molar-refractivity contribution >= 4 is 40.6 Å². The molecule has 0 aliphatic heterocycles. The summed E-state index contributed by atoms with van der Waals surface area (Å²) in [5, 5.41) is 2.78. The summed E-state index contributed by atoms with van der Waals surface area (Å²) < 4.78 is 14.8. The summed E-state index contributed by atoms with van der Waals surface area (Å²) in [5.41, 5.74) is 13.3. The molecule has 2 aromatic heterocycles. The zero-order valence-electron chi connectivity index (χ0n) is 19.4. The van der Waals surface area contributed by atoms with Gasteiger partial charge < -0.3 is 25.9 Å². The molecule has 11 heteroatoms. The molecule has 5 N–H and O–H groups in total.